The molecule has 2 aromatic carbocycles. The number of nitrogens with zero attached hydrogens (tertiary/aromatic N) is 3. The van der Waals surface area contributed by atoms with Crippen LogP contribution in [0.2, 0.25) is 0 Å². The van der Waals surface area contributed by atoms with Gasteiger partial charge in [-0.3, -0.25) is 0 Å². The van der Waals surface area contributed by atoms with E-state index in [2.05, 4.69) is 10.0 Å². The Labute approximate surface area is 280 Å². The van der Waals surface area contributed by atoms with Gasteiger partial charge in [-0.05, 0) is 44.4 Å². The van der Waals surface area contributed by atoms with Crippen LogP contribution in [0.3, 0.4) is 0 Å². The van der Waals surface area contributed by atoms with E-state index in [1.54, 1.807) is 27.7 Å². The predicted octanol–water partition coefficient (Wildman–Crippen LogP) is 4.59. The zero-order chi connectivity index (χ0) is 33.9. The zero-order valence-electron chi connectivity index (χ0n) is 28.1. The van der Waals surface area contributed by atoms with Gasteiger partial charge in [0.05, 0.1) is 32.5 Å². The molecule has 6 rings (SSSR count). The van der Waals surface area contributed by atoms with E-state index in [-0.39, 0.29) is 19.8 Å². The van der Waals surface area contributed by atoms with Crippen molar-refractivity contribution in [3.05, 3.63) is 82.2 Å². The molecule has 0 N–H and O–H groups in total. The molecule has 0 saturated carbocycles. The summed E-state index contributed by atoms with van der Waals surface area (Å²) in [5, 5.41) is 3.76. The minimum absolute atomic E-state index is 0.00715. The lowest BCUT2D eigenvalue weighted by Crippen LogP contribution is -2.73. The number of benzene rings is 2. The van der Waals surface area contributed by atoms with E-state index >= 15 is 0 Å². The van der Waals surface area contributed by atoms with Gasteiger partial charge in [0.25, 0.3) is 0 Å². The number of hydrogen-bond donors (Lipinski definition) is 0. The molecule has 0 bridgehead atoms. The number of hydrogen-bond acceptors (Lipinski definition) is 12. The van der Waals surface area contributed by atoms with Gasteiger partial charge in [0.1, 0.15) is 36.6 Å². The Bertz CT molecular complexity index is 1400. The van der Waals surface area contributed by atoms with Crippen molar-refractivity contribution in [3.63, 3.8) is 0 Å². The second-order valence-electron chi connectivity index (χ2n) is 12.9. The van der Waals surface area contributed by atoms with Gasteiger partial charge in [-0.1, -0.05) is 65.8 Å². The van der Waals surface area contributed by atoms with Crippen molar-refractivity contribution in [3.8, 4) is 0 Å². The fourth-order valence-electron chi connectivity index (χ4n) is 6.54. The van der Waals surface area contributed by atoms with Gasteiger partial charge in [-0.2, -0.15) is 0 Å². The second kappa shape index (κ2) is 14.7. The number of rotatable bonds is 13. The quantitative estimate of drug-likeness (QED) is 0.167. The molecule has 0 aromatic heterocycles. The summed E-state index contributed by atoms with van der Waals surface area (Å²) >= 11 is 0. The summed E-state index contributed by atoms with van der Waals surface area (Å²) < 4.78 is 69.8. The predicted molar refractivity (Wildman–Crippen MR) is 168 cm³/mol. The lowest BCUT2D eigenvalue weighted by molar-refractivity contribution is -0.483. The van der Waals surface area contributed by atoms with Crippen molar-refractivity contribution in [2.24, 2.45) is 5.11 Å². The summed E-state index contributed by atoms with van der Waals surface area (Å²) in [5.74, 6) is -3.57. The summed E-state index contributed by atoms with van der Waals surface area (Å²) in [7, 11) is 3.07. The van der Waals surface area contributed by atoms with Gasteiger partial charge < -0.3 is 52.1 Å². The third-order valence-electron chi connectivity index (χ3n) is 9.30. The molecule has 0 spiro atoms. The summed E-state index contributed by atoms with van der Waals surface area (Å²) in [6.45, 7) is 7.81. The molecule has 48 heavy (non-hydrogen) atoms. The molecule has 4 heterocycles. The highest BCUT2D eigenvalue weighted by atomic mass is 16.9. The first-order chi connectivity index (χ1) is 23.1. The molecular weight excluding hydrogens is 626 g/mol. The average molecular weight is 672 g/mol. The smallest absolute Gasteiger partial charge is 0.220 e. The van der Waals surface area contributed by atoms with E-state index in [1.165, 1.54) is 14.2 Å². The van der Waals surface area contributed by atoms with Crippen LogP contribution < -0.4 is 0 Å². The molecule has 0 unspecified atom stereocenters. The third-order valence-corrected chi connectivity index (χ3v) is 9.30. The van der Waals surface area contributed by atoms with Gasteiger partial charge in [-0.25, -0.2) is 0 Å². The molecule has 11 atom stereocenters. The van der Waals surface area contributed by atoms with Gasteiger partial charge >= 0.3 is 0 Å². The lowest BCUT2D eigenvalue weighted by Gasteiger charge is -2.57. The lowest BCUT2D eigenvalue weighted by atomic mass is 9.93. The van der Waals surface area contributed by atoms with Crippen molar-refractivity contribution in [1.82, 2.24) is 0 Å². The molecule has 14 heteroatoms. The van der Waals surface area contributed by atoms with Crippen LogP contribution in [-0.4, -0.2) is 100 Å². The highest BCUT2D eigenvalue weighted by Gasteiger charge is 2.64. The summed E-state index contributed by atoms with van der Waals surface area (Å²) in [6.07, 6.45) is -6.85. The maximum Gasteiger partial charge on any atom is 0.220 e. The Balaban J connectivity index is 1.33. The first-order valence-corrected chi connectivity index (χ1v) is 16.1. The summed E-state index contributed by atoms with van der Waals surface area (Å²) in [5.41, 5.74) is 11.0. The van der Waals surface area contributed by atoms with E-state index in [0.29, 0.717) is 6.61 Å². The Morgan fingerprint density at radius 1 is 0.729 bits per heavy atom. The van der Waals surface area contributed by atoms with Crippen LogP contribution in [-0.2, 0) is 65.3 Å². The Kier molecular flexibility index (Phi) is 10.7. The average Bonchev–Trinajstić information content (AvgIpc) is 3.55. The monoisotopic (exact) mass is 671 g/mol. The van der Waals surface area contributed by atoms with Crippen molar-refractivity contribution < 1.29 is 52.1 Å². The highest BCUT2D eigenvalue weighted by molar-refractivity contribution is 5.14. The molecule has 4 saturated heterocycles. The summed E-state index contributed by atoms with van der Waals surface area (Å²) in [6, 6.07) is 19.6. The van der Waals surface area contributed by atoms with E-state index in [9.17, 15) is 0 Å². The maximum absolute atomic E-state index is 9.09. The van der Waals surface area contributed by atoms with Crippen LogP contribution in [0.15, 0.2) is 65.8 Å². The molecule has 2 aromatic rings. The third kappa shape index (κ3) is 7.26. The molecule has 0 radical (unpaired) electrons. The van der Waals surface area contributed by atoms with Crippen LogP contribution >= 0.6 is 0 Å². The molecule has 0 amide bonds. The topological polar surface area (TPSA) is 150 Å². The fraction of sp³-hybridized carbons (Fsp3) is 0.647. The fourth-order valence-corrected chi connectivity index (χ4v) is 6.54. The molecule has 4 fully saturated rings. The van der Waals surface area contributed by atoms with E-state index in [1.807, 2.05) is 60.7 Å². The van der Waals surface area contributed by atoms with E-state index in [0.717, 1.165) is 11.1 Å². The Hall–Kier alpha value is -2.69. The van der Waals surface area contributed by atoms with Gasteiger partial charge in [-0.15, -0.1) is 0 Å². The number of fused-ring (bicyclic) bond motifs is 2. The van der Waals surface area contributed by atoms with Crippen molar-refractivity contribution in [1.29, 1.82) is 0 Å². The van der Waals surface area contributed by atoms with E-state index in [4.69, 9.17) is 57.6 Å². The number of azide groups is 1. The largest absolute Gasteiger partial charge is 0.374 e. The molecular formula is C34H45N3O11. The standard InChI is InChI=1S/C34H45N3O11/c1-32(2)45-29-25(23(17-36-37-35)42-31(29)48-32)44-30-28(41-19-22-15-11-8-12-16-22)27-26(46-33(3,38-5)34(4,39-6)47-27)24(43-30)20-40-18-21-13-9-7-10-14-21/h7-16,23-31H,17-20H2,1-6H3/t23-,24-,25-,26-,27+,28-,29-,30-,31-,33+,34+/m1/s1. The molecule has 4 aliphatic heterocycles. The highest BCUT2D eigenvalue weighted by Crippen LogP contribution is 2.46. The normalized spacial score (nSPS) is 38.6. The minimum atomic E-state index is -1.34. The molecule has 4 aliphatic rings. The molecule has 262 valence electrons. The first-order valence-electron chi connectivity index (χ1n) is 16.1. The van der Waals surface area contributed by atoms with Crippen molar-refractivity contribution >= 4 is 0 Å². The number of ether oxygens (including phenoxy) is 11. The van der Waals surface area contributed by atoms with Gasteiger partial charge in [0.15, 0.2) is 18.4 Å². The SMILES string of the molecule is CO[C@@]1(C)O[C@@H]2[C@@H](OCc3ccccc3)[C@@H](O[C@H]3[C@H]4OC(C)(C)O[C@H]4O[C@@H]3CN=[N+]=[N-])O[C@H](COCc3ccccc3)[C@H]2O[C@]1(C)OC. The van der Waals surface area contributed by atoms with Gasteiger partial charge in [0, 0.05) is 19.1 Å². The summed E-state index contributed by atoms with van der Waals surface area (Å²) in [4.78, 5) is 2.93. The Morgan fingerprint density at radius 3 is 1.98 bits per heavy atom. The van der Waals surface area contributed by atoms with Crippen LogP contribution in [0.5, 0.6) is 0 Å². The minimum Gasteiger partial charge on any atom is -0.374 e. The van der Waals surface area contributed by atoms with Crippen molar-refractivity contribution in [2.45, 2.75) is 114 Å². The first kappa shape index (κ1) is 35.1. The van der Waals surface area contributed by atoms with Gasteiger partial charge in [0.2, 0.25) is 11.6 Å². The van der Waals surface area contributed by atoms with Crippen LogP contribution in [0.4, 0.5) is 0 Å². The van der Waals surface area contributed by atoms with Crippen molar-refractivity contribution in [2.75, 3.05) is 27.4 Å². The maximum atomic E-state index is 9.09. The van der Waals surface area contributed by atoms with Crippen LogP contribution in [0.1, 0.15) is 38.8 Å². The van der Waals surface area contributed by atoms with Crippen LogP contribution in [0.25, 0.3) is 10.4 Å². The Morgan fingerprint density at radius 2 is 1.35 bits per heavy atom. The van der Waals surface area contributed by atoms with Crippen LogP contribution in [0, 0.1) is 0 Å². The molecule has 0 aliphatic carbocycles. The number of methoxy groups -OCH3 is 2. The second-order valence-corrected chi connectivity index (χ2v) is 12.9. The zero-order valence-corrected chi connectivity index (χ0v) is 28.1. The molecule has 14 nitrogen and oxygen atoms in total. The van der Waals surface area contributed by atoms with E-state index < -0.39 is 72.7 Å².